The van der Waals surface area contributed by atoms with Gasteiger partial charge in [-0.2, -0.15) is 0 Å². The number of carbonyl (C=O) groups excluding carboxylic acids is 2. The zero-order valence-corrected chi connectivity index (χ0v) is 16.7. The lowest BCUT2D eigenvalue weighted by atomic mass is 9.94. The van der Waals surface area contributed by atoms with E-state index in [0.717, 1.165) is 25.1 Å². The lowest BCUT2D eigenvalue weighted by Gasteiger charge is -2.36. The third kappa shape index (κ3) is 2.99. The minimum Gasteiger partial charge on any atom is -0.348 e. The second-order valence-electron chi connectivity index (χ2n) is 8.15. The summed E-state index contributed by atoms with van der Waals surface area (Å²) in [7, 11) is 1.96. The molecule has 8 nitrogen and oxygen atoms in total. The zero-order chi connectivity index (χ0) is 20.1. The monoisotopic (exact) mass is 392 g/mol. The van der Waals surface area contributed by atoms with Gasteiger partial charge in [-0.05, 0) is 43.0 Å². The van der Waals surface area contributed by atoms with E-state index in [9.17, 15) is 9.59 Å². The number of piperidine rings is 1. The van der Waals surface area contributed by atoms with E-state index >= 15 is 0 Å². The molecule has 6 rings (SSSR count). The Labute approximate surface area is 168 Å². The van der Waals surface area contributed by atoms with Crippen molar-refractivity contribution in [2.24, 2.45) is 13.0 Å². The quantitative estimate of drug-likeness (QED) is 0.667. The van der Waals surface area contributed by atoms with Gasteiger partial charge in [0.1, 0.15) is 0 Å². The Hall–Kier alpha value is -3.16. The van der Waals surface area contributed by atoms with E-state index in [1.54, 1.807) is 6.92 Å². The van der Waals surface area contributed by atoms with Gasteiger partial charge in [0.05, 0.1) is 11.3 Å². The molecule has 3 aliphatic heterocycles. The second kappa shape index (κ2) is 6.72. The maximum absolute atomic E-state index is 13.4. The summed E-state index contributed by atoms with van der Waals surface area (Å²) in [6, 6.07) is 7.68. The average Bonchev–Trinajstić information content (AvgIpc) is 3.20. The summed E-state index contributed by atoms with van der Waals surface area (Å²) in [6.45, 7) is 3.69. The molecule has 3 saturated heterocycles. The molecule has 29 heavy (non-hydrogen) atoms. The van der Waals surface area contributed by atoms with Crippen LogP contribution in [0.1, 0.15) is 30.1 Å². The first-order valence-electron chi connectivity index (χ1n) is 10.0. The van der Waals surface area contributed by atoms with Crippen molar-refractivity contribution < 1.29 is 9.59 Å². The Morgan fingerprint density at radius 3 is 2.69 bits per heavy atom. The van der Waals surface area contributed by atoms with E-state index in [4.69, 9.17) is 0 Å². The van der Waals surface area contributed by atoms with Crippen LogP contribution in [0.2, 0.25) is 0 Å². The van der Waals surface area contributed by atoms with E-state index in [0.29, 0.717) is 36.0 Å². The maximum atomic E-state index is 13.4. The predicted molar refractivity (Wildman–Crippen MR) is 107 cm³/mol. The molecule has 6 heterocycles. The number of hydrogen-bond donors (Lipinski definition) is 0. The summed E-state index contributed by atoms with van der Waals surface area (Å²) in [5.41, 5.74) is 2.26. The molecule has 3 aromatic rings. The van der Waals surface area contributed by atoms with Gasteiger partial charge in [0.15, 0.2) is 11.5 Å². The molecule has 3 fully saturated rings. The van der Waals surface area contributed by atoms with Crippen LogP contribution < -0.4 is 0 Å². The van der Waals surface area contributed by atoms with Gasteiger partial charge in [0.2, 0.25) is 5.91 Å². The summed E-state index contributed by atoms with van der Waals surface area (Å²) in [4.78, 5) is 29.2. The van der Waals surface area contributed by atoms with Crippen LogP contribution in [0.15, 0.2) is 36.7 Å². The fraction of sp³-hybridized carbons (Fsp3) is 0.429. The fourth-order valence-corrected chi connectivity index (χ4v) is 4.64. The predicted octanol–water partition coefficient (Wildman–Crippen LogP) is 1.82. The molecule has 2 amide bonds. The van der Waals surface area contributed by atoms with Crippen molar-refractivity contribution in [2.45, 2.75) is 25.8 Å². The number of aromatic nitrogens is 4. The molecule has 0 aliphatic carbocycles. The van der Waals surface area contributed by atoms with Gasteiger partial charge in [-0.3, -0.25) is 14.0 Å². The fourth-order valence-electron chi connectivity index (χ4n) is 4.64. The van der Waals surface area contributed by atoms with Gasteiger partial charge in [-0.25, -0.2) is 0 Å². The molecule has 3 aromatic heterocycles. The Balaban J connectivity index is 1.49. The number of nitrogens with zero attached hydrogens (tertiary/aromatic N) is 6. The van der Waals surface area contributed by atoms with E-state index in [2.05, 4.69) is 10.2 Å². The highest BCUT2D eigenvalue weighted by atomic mass is 16.2. The van der Waals surface area contributed by atoms with Crippen LogP contribution in [-0.4, -0.2) is 66.5 Å². The molecule has 0 spiro atoms. The van der Waals surface area contributed by atoms with Gasteiger partial charge in [0.25, 0.3) is 5.91 Å². The Morgan fingerprint density at radius 2 is 1.93 bits per heavy atom. The summed E-state index contributed by atoms with van der Waals surface area (Å²) in [5.74, 6) is 1.16. The summed E-state index contributed by atoms with van der Waals surface area (Å²) in [6.07, 6.45) is 5.81. The molecule has 150 valence electrons. The normalized spacial score (nSPS) is 21.6. The highest BCUT2D eigenvalue weighted by molar-refractivity contribution is 5.94. The van der Waals surface area contributed by atoms with Gasteiger partial charge >= 0.3 is 0 Å². The molecular weight excluding hydrogens is 368 g/mol. The number of aryl methyl sites for hydroxylation is 1. The van der Waals surface area contributed by atoms with Crippen molar-refractivity contribution in [1.29, 1.82) is 0 Å². The standard InChI is InChI=1S/C21H24N6O2/c1-14(28)25-10-15-5-7-17(13-25)26(11-15)21(29)16-6-8-19-22-23-20(27(19)12-16)18-4-3-9-24(18)2/h3-4,6,8-9,12,15,17H,5,7,10-11,13H2,1-2H3/t15-,17+/m0/s1. The van der Waals surface area contributed by atoms with Gasteiger partial charge < -0.3 is 14.4 Å². The van der Waals surface area contributed by atoms with Gasteiger partial charge in [-0.1, -0.05) is 0 Å². The van der Waals surface area contributed by atoms with Crippen molar-refractivity contribution in [3.05, 3.63) is 42.2 Å². The number of rotatable bonds is 2. The van der Waals surface area contributed by atoms with Crippen LogP contribution in [0.4, 0.5) is 0 Å². The van der Waals surface area contributed by atoms with Crippen LogP contribution in [0.25, 0.3) is 17.2 Å². The minimum atomic E-state index is 0.0125. The van der Waals surface area contributed by atoms with Crippen LogP contribution in [0.3, 0.4) is 0 Å². The number of fused-ring (bicyclic) bond motifs is 5. The first-order valence-corrected chi connectivity index (χ1v) is 10.0. The number of pyridine rings is 1. The second-order valence-corrected chi connectivity index (χ2v) is 8.15. The smallest absolute Gasteiger partial charge is 0.255 e. The van der Waals surface area contributed by atoms with E-state index in [1.807, 2.05) is 62.5 Å². The molecule has 0 N–H and O–H groups in total. The molecule has 0 unspecified atom stereocenters. The Kier molecular flexibility index (Phi) is 4.15. The highest BCUT2D eigenvalue weighted by Gasteiger charge is 2.38. The van der Waals surface area contributed by atoms with Crippen molar-refractivity contribution in [3.8, 4) is 11.5 Å². The van der Waals surface area contributed by atoms with E-state index < -0.39 is 0 Å². The molecule has 3 aliphatic rings. The van der Waals surface area contributed by atoms with Crippen molar-refractivity contribution >= 4 is 17.5 Å². The van der Waals surface area contributed by atoms with Crippen molar-refractivity contribution in [3.63, 3.8) is 0 Å². The van der Waals surface area contributed by atoms with Crippen LogP contribution >= 0.6 is 0 Å². The Bertz CT molecular complexity index is 1100. The summed E-state index contributed by atoms with van der Waals surface area (Å²) >= 11 is 0. The Morgan fingerprint density at radius 1 is 1.07 bits per heavy atom. The number of hydrogen-bond acceptors (Lipinski definition) is 4. The SMILES string of the molecule is CC(=O)N1C[C@@H]2CC[C@H](C1)N(C(=O)c1ccc3nnc(-c4cccn4C)n3c1)C2. The first kappa shape index (κ1) is 17.9. The lowest BCUT2D eigenvalue weighted by molar-refractivity contribution is -0.129. The minimum absolute atomic E-state index is 0.0125. The lowest BCUT2D eigenvalue weighted by Crippen LogP contribution is -2.47. The molecular formula is C21H24N6O2. The van der Waals surface area contributed by atoms with E-state index in [-0.39, 0.29) is 17.9 Å². The van der Waals surface area contributed by atoms with Crippen LogP contribution in [-0.2, 0) is 11.8 Å². The summed E-state index contributed by atoms with van der Waals surface area (Å²) in [5, 5.41) is 8.56. The average molecular weight is 392 g/mol. The van der Waals surface area contributed by atoms with Gasteiger partial charge in [0, 0.05) is 52.0 Å². The van der Waals surface area contributed by atoms with Crippen molar-refractivity contribution in [2.75, 3.05) is 19.6 Å². The molecule has 0 saturated carbocycles. The molecule has 0 aromatic carbocycles. The van der Waals surface area contributed by atoms with Crippen LogP contribution in [0, 0.1) is 5.92 Å². The summed E-state index contributed by atoms with van der Waals surface area (Å²) < 4.78 is 3.86. The topological polar surface area (TPSA) is 75.7 Å². The molecule has 8 heteroatoms. The molecule has 2 bridgehead atoms. The number of carbonyl (C=O) groups is 2. The third-order valence-electron chi connectivity index (χ3n) is 6.24. The molecule has 2 atom stereocenters. The van der Waals surface area contributed by atoms with E-state index in [1.165, 1.54) is 0 Å². The van der Waals surface area contributed by atoms with Crippen molar-refractivity contribution in [1.82, 2.24) is 29.0 Å². The zero-order valence-electron chi connectivity index (χ0n) is 16.7. The third-order valence-corrected chi connectivity index (χ3v) is 6.24. The molecule has 0 radical (unpaired) electrons. The number of amides is 2. The first-order chi connectivity index (χ1) is 14.0. The maximum Gasteiger partial charge on any atom is 0.255 e. The largest absolute Gasteiger partial charge is 0.348 e. The van der Waals surface area contributed by atoms with Crippen LogP contribution in [0.5, 0.6) is 0 Å². The van der Waals surface area contributed by atoms with Gasteiger partial charge in [-0.15, -0.1) is 10.2 Å². The highest BCUT2D eigenvalue weighted by Crippen LogP contribution is 2.29.